The summed E-state index contributed by atoms with van der Waals surface area (Å²) in [5.74, 6) is -0.287. The van der Waals surface area contributed by atoms with Crippen LogP contribution in [0.4, 0.5) is 4.39 Å². The second-order valence-corrected chi connectivity index (χ2v) is 3.30. The lowest BCUT2D eigenvalue weighted by atomic mass is 10.1. The average Bonchev–Trinajstić information content (AvgIpc) is 2.19. The molecular weight excluding hydrogens is 201 g/mol. The number of aromatic nitrogens is 1. The molecule has 0 spiro atoms. The van der Waals surface area contributed by atoms with Gasteiger partial charge in [0.05, 0.1) is 5.69 Å². The maximum atomic E-state index is 12.9. The van der Waals surface area contributed by atoms with Gasteiger partial charge in [-0.1, -0.05) is 23.7 Å². The van der Waals surface area contributed by atoms with Crippen LogP contribution >= 0.6 is 11.6 Å². The number of nitrogens with zero attached hydrogens (tertiary/aromatic N) is 1. The predicted molar refractivity (Wildman–Crippen MR) is 54.6 cm³/mol. The van der Waals surface area contributed by atoms with Crippen molar-refractivity contribution in [1.82, 2.24) is 4.98 Å². The summed E-state index contributed by atoms with van der Waals surface area (Å²) in [6.07, 6.45) is 1.44. The highest BCUT2D eigenvalue weighted by Gasteiger charge is 1.99. The van der Waals surface area contributed by atoms with Gasteiger partial charge in [0.25, 0.3) is 0 Å². The molecule has 0 aliphatic rings. The van der Waals surface area contributed by atoms with Crippen LogP contribution in [0.1, 0.15) is 0 Å². The van der Waals surface area contributed by atoms with Crippen molar-refractivity contribution in [2.75, 3.05) is 0 Å². The first-order valence-electron chi connectivity index (χ1n) is 4.13. The lowest BCUT2D eigenvalue weighted by molar-refractivity contribution is 0.626. The topological polar surface area (TPSA) is 12.9 Å². The van der Waals surface area contributed by atoms with Crippen molar-refractivity contribution < 1.29 is 4.39 Å². The van der Waals surface area contributed by atoms with Crippen LogP contribution in [0.15, 0.2) is 42.6 Å². The van der Waals surface area contributed by atoms with Crippen LogP contribution in [-0.2, 0) is 0 Å². The molecule has 1 aromatic carbocycles. The van der Waals surface area contributed by atoms with Gasteiger partial charge in [-0.2, -0.15) is 0 Å². The van der Waals surface area contributed by atoms with Gasteiger partial charge >= 0.3 is 0 Å². The third kappa shape index (κ3) is 1.91. The number of benzene rings is 1. The zero-order valence-corrected chi connectivity index (χ0v) is 8.00. The number of hydrogen-bond acceptors (Lipinski definition) is 1. The fourth-order valence-electron chi connectivity index (χ4n) is 1.18. The average molecular weight is 208 g/mol. The molecule has 2 aromatic rings. The zero-order chi connectivity index (χ0) is 9.97. The molecule has 14 heavy (non-hydrogen) atoms. The Bertz CT molecular complexity index is 439. The normalized spacial score (nSPS) is 10.1. The Morgan fingerprint density at radius 1 is 1.07 bits per heavy atom. The second kappa shape index (κ2) is 3.76. The number of halogens is 2. The summed E-state index contributed by atoms with van der Waals surface area (Å²) in [6.45, 7) is 0. The number of pyridine rings is 1. The summed E-state index contributed by atoms with van der Waals surface area (Å²) < 4.78 is 12.9. The van der Waals surface area contributed by atoms with Crippen molar-refractivity contribution in [1.29, 1.82) is 0 Å². The summed E-state index contributed by atoms with van der Waals surface area (Å²) in [6, 6.07) is 9.84. The third-order valence-electron chi connectivity index (χ3n) is 1.86. The summed E-state index contributed by atoms with van der Waals surface area (Å²) in [7, 11) is 0. The van der Waals surface area contributed by atoms with E-state index in [0.717, 1.165) is 5.56 Å². The molecule has 0 aliphatic heterocycles. The van der Waals surface area contributed by atoms with Crippen LogP contribution in [-0.4, -0.2) is 4.98 Å². The lowest BCUT2D eigenvalue weighted by Gasteiger charge is -2.00. The monoisotopic (exact) mass is 207 g/mol. The SMILES string of the molecule is Fc1ccnc(-c2ccc(Cl)cc2)c1. The van der Waals surface area contributed by atoms with E-state index >= 15 is 0 Å². The molecule has 1 heterocycles. The molecule has 0 radical (unpaired) electrons. The molecule has 0 N–H and O–H groups in total. The van der Waals surface area contributed by atoms with Gasteiger partial charge in [0.1, 0.15) is 5.82 Å². The Kier molecular flexibility index (Phi) is 2.46. The Morgan fingerprint density at radius 3 is 2.43 bits per heavy atom. The van der Waals surface area contributed by atoms with E-state index in [4.69, 9.17) is 11.6 Å². The Morgan fingerprint density at radius 2 is 1.79 bits per heavy atom. The van der Waals surface area contributed by atoms with Crippen molar-refractivity contribution in [2.45, 2.75) is 0 Å². The molecule has 0 fully saturated rings. The van der Waals surface area contributed by atoms with E-state index in [1.54, 1.807) is 12.1 Å². The summed E-state index contributed by atoms with van der Waals surface area (Å²) in [5.41, 5.74) is 1.47. The molecule has 3 heteroatoms. The molecule has 70 valence electrons. The minimum absolute atomic E-state index is 0.287. The predicted octanol–water partition coefficient (Wildman–Crippen LogP) is 3.54. The summed E-state index contributed by atoms with van der Waals surface area (Å²) in [4.78, 5) is 4.06. The lowest BCUT2D eigenvalue weighted by Crippen LogP contribution is -1.83. The van der Waals surface area contributed by atoms with Crippen molar-refractivity contribution in [3.8, 4) is 11.3 Å². The van der Waals surface area contributed by atoms with Gasteiger partial charge in [0.2, 0.25) is 0 Å². The first kappa shape index (κ1) is 9.16. The summed E-state index contributed by atoms with van der Waals surface area (Å²) in [5, 5.41) is 0.658. The second-order valence-electron chi connectivity index (χ2n) is 2.87. The van der Waals surface area contributed by atoms with Crippen LogP contribution in [0.2, 0.25) is 5.02 Å². The van der Waals surface area contributed by atoms with Crippen LogP contribution in [0.25, 0.3) is 11.3 Å². The summed E-state index contributed by atoms with van der Waals surface area (Å²) >= 11 is 5.74. The quantitative estimate of drug-likeness (QED) is 0.697. The smallest absolute Gasteiger partial charge is 0.126 e. The van der Waals surface area contributed by atoms with Crippen molar-refractivity contribution in [3.63, 3.8) is 0 Å². The molecule has 0 unspecified atom stereocenters. The molecule has 0 aliphatic carbocycles. The Labute approximate surface area is 86.2 Å². The van der Waals surface area contributed by atoms with E-state index in [1.165, 1.54) is 18.3 Å². The van der Waals surface area contributed by atoms with Crippen molar-refractivity contribution >= 4 is 11.6 Å². The van der Waals surface area contributed by atoms with E-state index in [1.807, 2.05) is 12.1 Å². The van der Waals surface area contributed by atoms with Gasteiger partial charge < -0.3 is 0 Å². The van der Waals surface area contributed by atoms with E-state index in [-0.39, 0.29) is 5.82 Å². The molecule has 2 rings (SSSR count). The van der Waals surface area contributed by atoms with E-state index in [2.05, 4.69) is 4.98 Å². The third-order valence-corrected chi connectivity index (χ3v) is 2.11. The standard InChI is InChI=1S/C11H7ClFN/c12-9-3-1-8(2-4-9)11-7-10(13)5-6-14-11/h1-7H. The van der Waals surface area contributed by atoms with E-state index < -0.39 is 0 Å². The fourth-order valence-corrected chi connectivity index (χ4v) is 1.31. The van der Waals surface area contributed by atoms with Crippen LogP contribution in [0.3, 0.4) is 0 Å². The highest BCUT2D eigenvalue weighted by molar-refractivity contribution is 6.30. The molecule has 1 nitrogen and oxygen atoms in total. The number of rotatable bonds is 1. The van der Waals surface area contributed by atoms with Gasteiger partial charge in [-0.15, -0.1) is 0 Å². The van der Waals surface area contributed by atoms with Gasteiger partial charge in [0.15, 0.2) is 0 Å². The minimum Gasteiger partial charge on any atom is -0.256 e. The molecular formula is C11H7ClFN. The Hall–Kier alpha value is -1.41. The molecule has 0 bridgehead atoms. The van der Waals surface area contributed by atoms with E-state index in [9.17, 15) is 4.39 Å². The van der Waals surface area contributed by atoms with Gasteiger partial charge in [-0.25, -0.2) is 4.39 Å². The molecule has 0 amide bonds. The first-order chi connectivity index (χ1) is 6.75. The molecule has 1 aromatic heterocycles. The minimum atomic E-state index is -0.287. The maximum absolute atomic E-state index is 12.9. The highest BCUT2D eigenvalue weighted by Crippen LogP contribution is 2.19. The van der Waals surface area contributed by atoms with Crippen molar-refractivity contribution in [2.24, 2.45) is 0 Å². The maximum Gasteiger partial charge on any atom is 0.126 e. The molecule has 0 saturated heterocycles. The van der Waals surface area contributed by atoms with Crippen LogP contribution < -0.4 is 0 Å². The van der Waals surface area contributed by atoms with Crippen LogP contribution in [0, 0.1) is 5.82 Å². The van der Waals surface area contributed by atoms with Gasteiger partial charge in [-0.05, 0) is 18.2 Å². The van der Waals surface area contributed by atoms with Crippen molar-refractivity contribution in [3.05, 3.63) is 53.4 Å². The highest BCUT2D eigenvalue weighted by atomic mass is 35.5. The molecule has 0 atom stereocenters. The first-order valence-corrected chi connectivity index (χ1v) is 4.51. The fraction of sp³-hybridized carbons (Fsp3) is 0. The Balaban J connectivity index is 2.44. The largest absolute Gasteiger partial charge is 0.256 e. The van der Waals surface area contributed by atoms with Gasteiger partial charge in [-0.3, -0.25) is 4.98 Å². The zero-order valence-electron chi connectivity index (χ0n) is 7.24. The van der Waals surface area contributed by atoms with Gasteiger partial charge in [0, 0.05) is 22.8 Å². The van der Waals surface area contributed by atoms with Crippen LogP contribution in [0.5, 0.6) is 0 Å². The van der Waals surface area contributed by atoms with E-state index in [0.29, 0.717) is 10.7 Å². The molecule has 0 saturated carbocycles. The number of hydrogen-bond donors (Lipinski definition) is 0.